The van der Waals surface area contributed by atoms with Crippen LogP contribution in [0.3, 0.4) is 0 Å². The van der Waals surface area contributed by atoms with Crippen molar-refractivity contribution in [3.05, 3.63) is 45.8 Å². The molecule has 0 unspecified atom stereocenters. The van der Waals surface area contributed by atoms with E-state index in [0.717, 1.165) is 21.5 Å². The van der Waals surface area contributed by atoms with Gasteiger partial charge in [-0.05, 0) is 79.1 Å². The molecule has 1 aliphatic heterocycles. The average molecular weight is 493 g/mol. The van der Waals surface area contributed by atoms with E-state index in [1.165, 1.54) is 0 Å². The van der Waals surface area contributed by atoms with Crippen LogP contribution in [0.1, 0.15) is 32.0 Å². The molecule has 0 radical (unpaired) electrons. The number of aryl methyl sites for hydroxylation is 1. The van der Waals surface area contributed by atoms with Crippen molar-refractivity contribution >= 4 is 45.2 Å². The molecule has 2 heterocycles. The van der Waals surface area contributed by atoms with Crippen LogP contribution in [-0.2, 0) is 17.8 Å². The number of aromatic nitrogens is 2. The van der Waals surface area contributed by atoms with E-state index in [1.54, 1.807) is 17.2 Å². The van der Waals surface area contributed by atoms with E-state index in [0.29, 0.717) is 49.3 Å². The summed E-state index contributed by atoms with van der Waals surface area (Å²) in [6.45, 7) is 8.17. The molecule has 0 aliphatic carbocycles. The molecule has 1 fully saturated rings. The third-order valence-corrected chi connectivity index (χ3v) is 5.54. The molecule has 0 saturated carbocycles. The first kappa shape index (κ1) is 22.3. The number of rotatable bonds is 9. The number of nitrogens with zero attached hydrogens (tertiary/aromatic N) is 3. The Morgan fingerprint density at radius 1 is 1.20 bits per heavy atom. The van der Waals surface area contributed by atoms with Gasteiger partial charge >= 0.3 is 0 Å². The second-order valence-electron chi connectivity index (χ2n) is 6.54. The quantitative estimate of drug-likeness (QED) is 0.424. The Morgan fingerprint density at radius 2 is 1.93 bits per heavy atom. The lowest BCUT2D eigenvalue weighted by Crippen LogP contribution is -2.32. The summed E-state index contributed by atoms with van der Waals surface area (Å²) in [7, 11) is 0. The van der Waals surface area contributed by atoms with Gasteiger partial charge in [0.15, 0.2) is 16.6 Å². The highest BCUT2D eigenvalue weighted by atomic mass is 79.9. The van der Waals surface area contributed by atoms with Gasteiger partial charge in [0.2, 0.25) is 0 Å². The van der Waals surface area contributed by atoms with E-state index in [-0.39, 0.29) is 5.91 Å². The van der Waals surface area contributed by atoms with E-state index in [2.05, 4.69) is 26.3 Å². The number of nitrogens with one attached hydrogen (secondary N) is 1. The number of hydrogen-bond acceptors (Lipinski definition) is 5. The third-order valence-electron chi connectivity index (χ3n) is 4.61. The maximum absolute atomic E-state index is 12.9. The predicted octanol–water partition coefficient (Wildman–Crippen LogP) is 3.76. The number of ether oxygens (including phenoxy) is 2. The molecule has 9 heteroatoms. The molecular weight excluding hydrogens is 468 g/mol. The van der Waals surface area contributed by atoms with Crippen molar-refractivity contribution in [3.63, 3.8) is 0 Å². The van der Waals surface area contributed by atoms with Gasteiger partial charge in [0.1, 0.15) is 5.70 Å². The van der Waals surface area contributed by atoms with Crippen LogP contribution >= 0.6 is 28.1 Å². The van der Waals surface area contributed by atoms with Crippen molar-refractivity contribution in [3.8, 4) is 11.5 Å². The Labute approximate surface area is 190 Å². The summed E-state index contributed by atoms with van der Waals surface area (Å²) in [5, 5.41) is 7.71. The summed E-state index contributed by atoms with van der Waals surface area (Å²) in [6.07, 6.45) is 4.14. The van der Waals surface area contributed by atoms with Gasteiger partial charge < -0.3 is 14.8 Å². The third kappa shape index (κ3) is 4.84. The summed E-state index contributed by atoms with van der Waals surface area (Å²) in [6, 6.07) is 5.85. The lowest BCUT2D eigenvalue weighted by molar-refractivity contribution is -0.122. The second kappa shape index (κ2) is 10.1. The zero-order valence-corrected chi connectivity index (χ0v) is 19.7. The van der Waals surface area contributed by atoms with Gasteiger partial charge in [-0.25, -0.2) is 0 Å². The number of carbonyl (C=O) groups excluding carboxylic acids is 1. The van der Waals surface area contributed by atoms with Crippen LogP contribution in [-0.4, -0.2) is 45.5 Å². The highest BCUT2D eigenvalue weighted by Gasteiger charge is 2.30. The minimum Gasteiger partial charge on any atom is -0.490 e. The number of carbonyl (C=O) groups is 1. The van der Waals surface area contributed by atoms with Crippen LogP contribution in [0.15, 0.2) is 34.6 Å². The molecule has 0 spiro atoms. The molecule has 30 heavy (non-hydrogen) atoms. The summed E-state index contributed by atoms with van der Waals surface area (Å²) in [5.41, 5.74) is 2.31. The number of benzene rings is 1. The maximum Gasteiger partial charge on any atom is 0.276 e. The van der Waals surface area contributed by atoms with Crippen LogP contribution in [0.5, 0.6) is 11.5 Å². The lowest BCUT2D eigenvalue weighted by atomic mass is 10.1. The maximum atomic E-state index is 12.9. The number of amides is 1. The van der Waals surface area contributed by atoms with Crippen LogP contribution in [0, 0.1) is 0 Å². The monoisotopic (exact) mass is 492 g/mol. The Balaban J connectivity index is 1.73. The number of hydrogen-bond donors (Lipinski definition) is 1. The number of halogens is 1. The molecule has 0 bridgehead atoms. The minimum absolute atomic E-state index is 0.147. The SMILES string of the molecule is CCOc1ccc(CCN2C(=O)/C(=C\c3c(Br)cnn3CC)NC2=S)cc1OCC. The summed E-state index contributed by atoms with van der Waals surface area (Å²) >= 11 is 8.87. The summed E-state index contributed by atoms with van der Waals surface area (Å²) in [4.78, 5) is 14.5. The van der Waals surface area contributed by atoms with Gasteiger partial charge in [-0.3, -0.25) is 14.4 Å². The van der Waals surface area contributed by atoms with E-state index < -0.39 is 0 Å². The largest absolute Gasteiger partial charge is 0.490 e. The molecule has 1 N–H and O–H groups in total. The Bertz CT molecular complexity index is 973. The molecule has 1 aromatic heterocycles. The highest BCUT2D eigenvalue weighted by Crippen LogP contribution is 2.29. The topological polar surface area (TPSA) is 68.6 Å². The molecule has 7 nitrogen and oxygen atoms in total. The first-order chi connectivity index (χ1) is 14.5. The van der Waals surface area contributed by atoms with Crippen LogP contribution in [0.4, 0.5) is 0 Å². The van der Waals surface area contributed by atoms with Gasteiger partial charge in [0.25, 0.3) is 5.91 Å². The van der Waals surface area contributed by atoms with Crippen molar-refractivity contribution in [1.29, 1.82) is 0 Å². The van der Waals surface area contributed by atoms with E-state index in [1.807, 2.05) is 43.7 Å². The van der Waals surface area contributed by atoms with Crippen molar-refractivity contribution < 1.29 is 14.3 Å². The van der Waals surface area contributed by atoms with Crippen molar-refractivity contribution in [2.24, 2.45) is 0 Å². The van der Waals surface area contributed by atoms with Crippen molar-refractivity contribution in [2.45, 2.75) is 33.7 Å². The van der Waals surface area contributed by atoms with Gasteiger partial charge in [-0.1, -0.05) is 6.07 Å². The molecule has 0 atom stereocenters. The molecule has 1 aliphatic rings. The first-order valence-electron chi connectivity index (χ1n) is 9.92. The predicted molar refractivity (Wildman–Crippen MR) is 124 cm³/mol. The average Bonchev–Trinajstić information content (AvgIpc) is 3.21. The zero-order valence-electron chi connectivity index (χ0n) is 17.3. The fourth-order valence-corrected chi connectivity index (χ4v) is 3.87. The Kier molecular flexibility index (Phi) is 7.49. The fourth-order valence-electron chi connectivity index (χ4n) is 3.17. The molecule has 2 aromatic rings. The van der Waals surface area contributed by atoms with Crippen molar-refractivity contribution in [1.82, 2.24) is 20.0 Å². The molecule has 160 valence electrons. The fraction of sp³-hybridized carbons (Fsp3) is 0.381. The lowest BCUT2D eigenvalue weighted by Gasteiger charge is -2.15. The van der Waals surface area contributed by atoms with Crippen molar-refractivity contribution in [2.75, 3.05) is 19.8 Å². The summed E-state index contributed by atoms with van der Waals surface area (Å²) < 4.78 is 13.9. The van der Waals surface area contributed by atoms with Gasteiger partial charge in [0.05, 0.1) is 29.6 Å². The van der Waals surface area contributed by atoms with Gasteiger partial charge in [0, 0.05) is 13.1 Å². The smallest absolute Gasteiger partial charge is 0.276 e. The van der Waals surface area contributed by atoms with Crippen LogP contribution in [0.25, 0.3) is 6.08 Å². The second-order valence-corrected chi connectivity index (χ2v) is 7.78. The Hall–Kier alpha value is -2.39. The standard InChI is InChI=1S/C21H25BrN4O3S/c1-4-26-17(15(22)13-23-26)12-16-20(27)25(21(30)24-16)10-9-14-7-8-18(28-5-2)19(11-14)29-6-3/h7-8,11-13H,4-6,9-10H2,1-3H3,(H,24,30)/b16-12+. The Morgan fingerprint density at radius 3 is 2.63 bits per heavy atom. The van der Waals surface area contributed by atoms with E-state index in [9.17, 15) is 4.79 Å². The van der Waals surface area contributed by atoms with E-state index in [4.69, 9.17) is 21.7 Å². The molecule has 3 rings (SSSR count). The van der Waals surface area contributed by atoms with Gasteiger partial charge in [-0.2, -0.15) is 5.10 Å². The minimum atomic E-state index is -0.147. The zero-order chi connectivity index (χ0) is 21.7. The van der Waals surface area contributed by atoms with Gasteiger partial charge in [-0.15, -0.1) is 0 Å². The van der Waals surface area contributed by atoms with Crippen LogP contribution < -0.4 is 14.8 Å². The molecule has 1 saturated heterocycles. The first-order valence-corrected chi connectivity index (χ1v) is 11.1. The molecule has 1 amide bonds. The summed E-state index contributed by atoms with van der Waals surface area (Å²) in [5.74, 6) is 1.29. The molecule has 1 aromatic carbocycles. The molecular formula is C21H25BrN4O3S. The highest BCUT2D eigenvalue weighted by molar-refractivity contribution is 9.10. The van der Waals surface area contributed by atoms with E-state index >= 15 is 0 Å². The normalized spacial score (nSPS) is 15.1. The number of thiocarbonyl (C=S) groups is 1. The van der Waals surface area contributed by atoms with Crippen LogP contribution in [0.2, 0.25) is 0 Å².